The van der Waals surface area contributed by atoms with Crippen LogP contribution >= 0.6 is 11.8 Å². The summed E-state index contributed by atoms with van der Waals surface area (Å²) in [6, 6.07) is 8.90. The first kappa shape index (κ1) is 21.7. The number of carbonyl (C=O) groups excluding carboxylic acids is 2. The van der Waals surface area contributed by atoms with Crippen molar-refractivity contribution in [1.82, 2.24) is 10.2 Å². The maximum atomic E-state index is 13.0. The minimum atomic E-state index is -0.640. The molecule has 0 aromatic heterocycles. The first-order valence-corrected chi connectivity index (χ1v) is 10.6. The third-order valence-corrected chi connectivity index (χ3v) is 5.59. The number of nitrogens with zero attached hydrogens (tertiary/aromatic N) is 1. The molecule has 1 fully saturated rings. The molecule has 150 valence electrons. The molecule has 1 aliphatic rings. The molecule has 27 heavy (non-hydrogen) atoms. The van der Waals surface area contributed by atoms with Crippen molar-refractivity contribution < 1.29 is 19.1 Å². The van der Waals surface area contributed by atoms with Gasteiger partial charge in [0, 0.05) is 0 Å². The summed E-state index contributed by atoms with van der Waals surface area (Å²) >= 11 is 1.63. The number of rotatable bonds is 8. The van der Waals surface area contributed by atoms with Gasteiger partial charge >= 0.3 is 5.97 Å². The highest BCUT2D eigenvalue weighted by molar-refractivity contribution is 7.98. The smallest absolute Gasteiger partial charge is 0.328 e. The summed E-state index contributed by atoms with van der Waals surface area (Å²) in [6.07, 6.45) is 2.50. The summed E-state index contributed by atoms with van der Waals surface area (Å²) in [6.45, 7) is 6.29. The van der Waals surface area contributed by atoms with Crippen molar-refractivity contribution in [3.63, 3.8) is 0 Å². The van der Waals surface area contributed by atoms with Gasteiger partial charge in [-0.25, -0.2) is 4.79 Å². The van der Waals surface area contributed by atoms with Crippen LogP contribution in [0, 0.1) is 0 Å². The summed E-state index contributed by atoms with van der Waals surface area (Å²) in [5, 5.41) is 2.86. The lowest BCUT2D eigenvalue weighted by Gasteiger charge is -2.38. The third kappa shape index (κ3) is 5.24. The second-order valence-corrected chi connectivity index (χ2v) is 8.12. The molecule has 0 saturated carbocycles. The average molecular weight is 395 g/mol. The van der Waals surface area contributed by atoms with Gasteiger partial charge in [-0.05, 0) is 44.8 Å². The Balaban J connectivity index is 2.17. The lowest BCUT2D eigenvalue weighted by atomic mass is 10.0. The van der Waals surface area contributed by atoms with Crippen LogP contribution in [0.4, 0.5) is 0 Å². The summed E-state index contributed by atoms with van der Waals surface area (Å²) < 4.78 is 10.8. The van der Waals surface area contributed by atoms with Crippen molar-refractivity contribution in [2.24, 2.45) is 0 Å². The number of benzene rings is 1. The van der Waals surface area contributed by atoms with E-state index in [-0.39, 0.29) is 11.9 Å². The molecule has 0 bridgehead atoms. The van der Waals surface area contributed by atoms with E-state index in [1.165, 1.54) is 7.11 Å². The molecule has 2 rings (SSSR count). The zero-order chi connectivity index (χ0) is 20.0. The van der Waals surface area contributed by atoms with E-state index in [1.54, 1.807) is 11.8 Å². The summed E-state index contributed by atoms with van der Waals surface area (Å²) in [4.78, 5) is 27.1. The van der Waals surface area contributed by atoms with Crippen molar-refractivity contribution >= 4 is 23.6 Å². The van der Waals surface area contributed by atoms with Crippen molar-refractivity contribution in [2.75, 3.05) is 25.7 Å². The Kier molecular flexibility index (Phi) is 7.70. The van der Waals surface area contributed by atoms with Gasteiger partial charge in [-0.3, -0.25) is 9.69 Å². The van der Waals surface area contributed by atoms with Crippen LogP contribution in [-0.2, 0) is 19.1 Å². The highest BCUT2D eigenvalue weighted by Gasteiger charge is 2.46. The van der Waals surface area contributed by atoms with Crippen LogP contribution in [0.15, 0.2) is 30.3 Å². The fourth-order valence-electron chi connectivity index (χ4n) is 3.53. The highest BCUT2D eigenvalue weighted by Crippen LogP contribution is 2.38. The van der Waals surface area contributed by atoms with Gasteiger partial charge < -0.3 is 14.8 Å². The third-order valence-electron chi connectivity index (χ3n) is 4.95. The molecule has 0 spiro atoms. The average Bonchev–Trinajstić information content (AvgIpc) is 2.99. The molecule has 1 aliphatic heterocycles. The number of amides is 1. The van der Waals surface area contributed by atoms with Gasteiger partial charge in [-0.2, -0.15) is 11.8 Å². The predicted molar refractivity (Wildman–Crippen MR) is 107 cm³/mol. The van der Waals surface area contributed by atoms with E-state index in [9.17, 15) is 9.59 Å². The fraction of sp³-hybridized carbons (Fsp3) is 0.600. The second kappa shape index (κ2) is 9.57. The maximum Gasteiger partial charge on any atom is 0.328 e. The topological polar surface area (TPSA) is 67.9 Å². The van der Waals surface area contributed by atoms with E-state index >= 15 is 0 Å². The van der Waals surface area contributed by atoms with Crippen molar-refractivity contribution in [3.8, 4) is 0 Å². The minimum absolute atomic E-state index is 0.0234. The summed E-state index contributed by atoms with van der Waals surface area (Å²) in [5.41, 5.74) is 0.520. The lowest BCUT2D eigenvalue weighted by Crippen LogP contribution is -2.55. The Morgan fingerprint density at radius 1 is 1.37 bits per heavy atom. The Labute approximate surface area is 166 Å². The van der Waals surface area contributed by atoms with Gasteiger partial charge in [0.2, 0.25) is 5.91 Å². The molecule has 0 unspecified atom stereocenters. The summed E-state index contributed by atoms with van der Waals surface area (Å²) in [5.74, 6) is 0.145. The Bertz CT molecular complexity index is 638. The molecule has 6 nitrogen and oxygen atoms in total. The molecule has 3 atom stereocenters. The van der Waals surface area contributed by atoms with Crippen molar-refractivity contribution in [2.45, 2.75) is 51.0 Å². The van der Waals surface area contributed by atoms with E-state index in [0.29, 0.717) is 13.0 Å². The van der Waals surface area contributed by atoms with E-state index in [0.717, 1.165) is 11.3 Å². The standard InChI is InChI=1S/C20H30N2O4S/c1-14(18(23)21-16(11-12-27-5)19(24)25-4)22-17(13-26-20(22,2)3)15-9-7-6-8-10-15/h6-10,14,16-17H,11-13H2,1-5H3,(H,21,23)/t14-,16-,17-/m0/s1. The number of esters is 1. The molecule has 1 aromatic carbocycles. The number of nitrogens with one attached hydrogen (secondary N) is 1. The molecular weight excluding hydrogens is 364 g/mol. The SMILES string of the molecule is COC(=O)[C@H](CCSC)NC(=O)[C@H](C)N1[C@H](c2ccccc2)COC1(C)C. The van der Waals surface area contributed by atoms with E-state index < -0.39 is 23.8 Å². The number of carbonyl (C=O) groups is 2. The van der Waals surface area contributed by atoms with Gasteiger partial charge in [0.1, 0.15) is 11.8 Å². The zero-order valence-corrected chi connectivity index (χ0v) is 17.5. The van der Waals surface area contributed by atoms with E-state index in [1.807, 2.05) is 57.4 Å². The van der Waals surface area contributed by atoms with Crippen LogP contribution in [0.1, 0.15) is 38.8 Å². The van der Waals surface area contributed by atoms with Gasteiger partial charge in [-0.1, -0.05) is 30.3 Å². The Morgan fingerprint density at radius 2 is 2.04 bits per heavy atom. The quantitative estimate of drug-likeness (QED) is 0.684. The molecule has 0 aliphatic carbocycles. The van der Waals surface area contributed by atoms with Crippen LogP contribution in [0.25, 0.3) is 0 Å². The number of thioether (sulfide) groups is 1. The zero-order valence-electron chi connectivity index (χ0n) is 16.7. The second-order valence-electron chi connectivity index (χ2n) is 7.13. The normalized spacial score (nSPS) is 21.4. The predicted octanol–water partition coefficient (Wildman–Crippen LogP) is 2.60. The molecule has 1 heterocycles. The fourth-order valence-corrected chi connectivity index (χ4v) is 4.00. The number of hydrogen-bond donors (Lipinski definition) is 1. The molecule has 1 saturated heterocycles. The van der Waals surface area contributed by atoms with E-state index in [4.69, 9.17) is 9.47 Å². The number of hydrogen-bond acceptors (Lipinski definition) is 6. The van der Waals surface area contributed by atoms with Crippen LogP contribution in [0.5, 0.6) is 0 Å². The number of ether oxygens (including phenoxy) is 2. The first-order chi connectivity index (χ1) is 12.8. The lowest BCUT2D eigenvalue weighted by molar-refractivity contribution is -0.147. The first-order valence-electron chi connectivity index (χ1n) is 9.16. The van der Waals surface area contributed by atoms with Gasteiger partial charge in [-0.15, -0.1) is 0 Å². The summed E-state index contributed by atoms with van der Waals surface area (Å²) in [7, 11) is 1.34. The Hall–Kier alpha value is -1.57. The minimum Gasteiger partial charge on any atom is -0.467 e. The Morgan fingerprint density at radius 3 is 2.63 bits per heavy atom. The molecule has 1 aromatic rings. The highest BCUT2D eigenvalue weighted by atomic mass is 32.2. The van der Waals surface area contributed by atoms with Crippen LogP contribution in [0.2, 0.25) is 0 Å². The van der Waals surface area contributed by atoms with Gasteiger partial charge in [0.05, 0.1) is 25.8 Å². The van der Waals surface area contributed by atoms with Crippen LogP contribution in [0.3, 0.4) is 0 Å². The largest absolute Gasteiger partial charge is 0.467 e. The van der Waals surface area contributed by atoms with E-state index in [2.05, 4.69) is 10.2 Å². The molecule has 1 amide bonds. The molecular formula is C20H30N2O4S. The number of methoxy groups -OCH3 is 1. The van der Waals surface area contributed by atoms with Gasteiger partial charge in [0.25, 0.3) is 0 Å². The maximum absolute atomic E-state index is 13.0. The van der Waals surface area contributed by atoms with Crippen LogP contribution < -0.4 is 5.32 Å². The molecule has 1 N–H and O–H groups in total. The van der Waals surface area contributed by atoms with Crippen molar-refractivity contribution in [1.29, 1.82) is 0 Å². The molecule has 0 radical (unpaired) electrons. The van der Waals surface area contributed by atoms with Crippen LogP contribution in [-0.4, -0.2) is 60.3 Å². The molecule has 7 heteroatoms. The van der Waals surface area contributed by atoms with Gasteiger partial charge in [0.15, 0.2) is 0 Å². The van der Waals surface area contributed by atoms with Crippen molar-refractivity contribution in [3.05, 3.63) is 35.9 Å². The monoisotopic (exact) mass is 394 g/mol.